The van der Waals surface area contributed by atoms with E-state index in [1.54, 1.807) is 66.7 Å². The molecule has 1 amide bonds. The summed E-state index contributed by atoms with van der Waals surface area (Å²) in [6.45, 7) is 0.280. The quantitative estimate of drug-likeness (QED) is 0.720. The first-order chi connectivity index (χ1) is 12.7. The Kier molecular flexibility index (Phi) is 5.21. The molecule has 0 spiro atoms. The van der Waals surface area contributed by atoms with Gasteiger partial charge in [0, 0.05) is 17.7 Å². The molecule has 0 saturated heterocycles. The van der Waals surface area contributed by atoms with Gasteiger partial charge in [-0.05, 0) is 23.8 Å². The third kappa shape index (κ3) is 3.85. The number of amides is 1. The Balaban J connectivity index is 1.80. The van der Waals surface area contributed by atoms with Crippen molar-refractivity contribution >= 4 is 11.7 Å². The molecule has 126 valence electrons. The molecule has 0 unspecified atom stereocenters. The molecule has 4 nitrogen and oxygen atoms in total. The maximum atomic E-state index is 12.7. The van der Waals surface area contributed by atoms with Crippen molar-refractivity contribution in [1.29, 1.82) is 5.26 Å². The zero-order chi connectivity index (χ0) is 18.4. The summed E-state index contributed by atoms with van der Waals surface area (Å²) >= 11 is 0. The van der Waals surface area contributed by atoms with E-state index in [1.807, 2.05) is 12.1 Å². The highest BCUT2D eigenvalue weighted by atomic mass is 16.2. The molecular formula is C22H16N2O2. The van der Waals surface area contributed by atoms with E-state index in [2.05, 4.69) is 11.4 Å². The molecule has 3 aromatic carbocycles. The lowest BCUT2D eigenvalue weighted by molar-refractivity contribution is 0.0939. The fourth-order valence-electron chi connectivity index (χ4n) is 2.65. The van der Waals surface area contributed by atoms with Gasteiger partial charge in [-0.25, -0.2) is 0 Å². The van der Waals surface area contributed by atoms with Crippen molar-refractivity contribution in [1.82, 2.24) is 5.32 Å². The van der Waals surface area contributed by atoms with E-state index >= 15 is 0 Å². The Bertz CT molecular complexity index is 988. The molecule has 0 atom stereocenters. The Hall–Kier alpha value is -3.71. The van der Waals surface area contributed by atoms with E-state index < -0.39 is 0 Å². The third-order valence-electron chi connectivity index (χ3n) is 3.96. The summed E-state index contributed by atoms with van der Waals surface area (Å²) in [7, 11) is 0. The van der Waals surface area contributed by atoms with Crippen LogP contribution in [0.2, 0.25) is 0 Å². The molecule has 0 fully saturated rings. The van der Waals surface area contributed by atoms with Gasteiger partial charge in [-0.1, -0.05) is 60.7 Å². The van der Waals surface area contributed by atoms with Crippen LogP contribution in [0.4, 0.5) is 0 Å². The molecule has 1 N–H and O–H groups in total. The van der Waals surface area contributed by atoms with Gasteiger partial charge in [-0.15, -0.1) is 0 Å². The summed E-state index contributed by atoms with van der Waals surface area (Å²) in [5.41, 5.74) is 2.59. The van der Waals surface area contributed by atoms with Crippen molar-refractivity contribution in [2.45, 2.75) is 6.54 Å². The fraction of sp³-hybridized carbons (Fsp3) is 0.0455. The van der Waals surface area contributed by atoms with E-state index in [9.17, 15) is 9.59 Å². The Morgan fingerprint density at radius 2 is 1.54 bits per heavy atom. The zero-order valence-electron chi connectivity index (χ0n) is 14.0. The van der Waals surface area contributed by atoms with Crippen molar-refractivity contribution in [3.63, 3.8) is 0 Å². The summed E-state index contributed by atoms with van der Waals surface area (Å²) in [4.78, 5) is 25.3. The first-order valence-corrected chi connectivity index (χ1v) is 8.15. The minimum atomic E-state index is -0.327. The maximum Gasteiger partial charge on any atom is 0.252 e. The molecule has 26 heavy (non-hydrogen) atoms. The lowest BCUT2D eigenvalue weighted by atomic mass is 9.98. The van der Waals surface area contributed by atoms with Gasteiger partial charge < -0.3 is 5.32 Å². The molecule has 0 aliphatic rings. The monoisotopic (exact) mass is 340 g/mol. The van der Waals surface area contributed by atoms with Crippen LogP contribution in [0.1, 0.15) is 37.4 Å². The van der Waals surface area contributed by atoms with Crippen LogP contribution in [-0.2, 0) is 6.54 Å². The first-order valence-electron chi connectivity index (χ1n) is 8.15. The van der Waals surface area contributed by atoms with E-state index in [1.165, 1.54) is 0 Å². The molecule has 0 aliphatic heterocycles. The van der Waals surface area contributed by atoms with E-state index in [4.69, 9.17) is 5.26 Å². The second-order valence-electron chi connectivity index (χ2n) is 5.74. The van der Waals surface area contributed by atoms with Gasteiger partial charge >= 0.3 is 0 Å². The summed E-state index contributed by atoms with van der Waals surface area (Å²) in [5, 5.41) is 11.8. The average Bonchev–Trinajstić information content (AvgIpc) is 2.72. The smallest absolute Gasteiger partial charge is 0.252 e. The predicted octanol–water partition coefficient (Wildman–Crippen LogP) is 3.72. The molecule has 0 aliphatic carbocycles. The first kappa shape index (κ1) is 17.1. The number of nitrogens with zero attached hydrogens (tertiary/aromatic N) is 1. The number of ketones is 1. The Morgan fingerprint density at radius 3 is 2.27 bits per heavy atom. The van der Waals surface area contributed by atoms with Gasteiger partial charge in [0.05, 0.1) is 17.2 Å². The van der Waals surface area contributed by atoms with Gasteiger partial charge in [0.2, 0.25) is 0 Å². The lowest BCUT2D eigenvalue weighted by Crippen LogP contribution is -2.25. The number of nitriles is 1. The molecule has 0 bridgehead atoms. The largest absolute Gasteiger partial charge is 0.348 e. The summed E-state index contributed by atoms with van der Waals surface area (Å²) in [6, 6.07) is 24.7. The van der Waals surface area contributed by atoms with Crippen LogP contribution in [0.25, 0.3) is 0 Å². The fourth-order valence-corrected chi connectivity index (χ4v) is 2.65. The minimum Gasteiger partial charge on any atom is -0.348 e. The molecule has 3 rings (SSSR count). The summed E-state index contributed by atoms with van der Waals surface area (Å²) < 4.78 is 0. The van der Waals surface area contributed by atoms with Crippen molar-refractivity contribution in [2.75, 3.05) is 0 Å². The van der Waals surface area contributed by atoms with Crippen LogP contribution < -0.4 is 5.32 Å². The van der Waals surface area contributed by atoms with Gasteiger partial charge in [-0.3, -0.25) is 9.59 Å². The van der Waals surface area contributed by atoms with Crippen LogP contribution >= 0.6 is 0 Å². The van der Waals surface area contributed by atoms with E-state index in [0.29, 0.717) is 22.3 Å². The van der Waals surface area contributed by atoms with Crippen LogP contribution in [0.3, 0.4) is 0 Å². The second kappa shape index (κ2) is 7.91. The standard InChI is InChI=1S/C22H16N2O2/c23-14-16-7-6-8-17(13-16)15-24-22(26)20-12-5-4-11-19(20)21(25)18-9-2-1-3-10-18/h1-13H,15H2,(H,24,26). The number of benzene rings is 3. The minimum absolute atomic E-state index is 0.192. The van der Waals surface area contributed by atoms with Gasteiger partial charge in [0.25, 0.3) is 5.91 Å². The van der Waals surface area contributed by atoms with Crippen molar-refractivity contribution in [2.24, 2.45) is 0 Å². The third-order valence-corrected chi connectivity index (χ3v) is 3.96. The molecule has 4 heteroatoms. The number of carbonyl (C=O) groups is 2. The number of carbonyl (C=O) groups excluding carboxylic acids is 2. The van der Waals surface area contributed by atoms with Crippen LogP contribution in [-0.4, -0.2) is 11.7 Å². The van der Waals surface area contributed by atoms with Crippen LogP contribution in [0.5, 0.6) is 0 Å². The van der Waals surface area contributed by atoms with Crippen molar-refractivity contribution in [3.8, 4) is 6.07 Å². The maximum absolute atomic E-state index is 12.7. The van der Waals surface area contributed by atoms with Crippen LogP contribution in [0.15, 0.2) is 78.9 Å². The number of rotatable bonds is 5. The highest BCUT2D eigenvalue weighted by molar-refractivity contribution is 6.15. The zero-order valence-corrected chi connectivity index (χ0v) is 14.0. The molecular weight excluding hydrogens is 324 g/mol. The molecule has 3 aromatic rings. The SMILES string of the molecule is N#Cc1cccc(CNC(=O)c2ccccc2C(=O)c2ccccc2)c1. The van der Waals surface area contributed by atoms with Gasteiger partial charge in [0.1, 0.15) is 0 Å². The highest BCUT2D eigenvalue weighted by Gasteiger charge is 2.17. The highest BCUT2D eigenvalue weighted by Crippen LogP contribution is 2.15. The molecule has 0 radical (unpaired) electrons. The summed E-state index contributed by atoms with van der Waals surface area (Å²) in [5.74, 6) is -0.518. The van der Waals surface area contributed by atoms with Crippen molar-refractivity contribution in [3.05, 3.63) is 107 Å². The Labute approximate surface area is 151 Å². The predicted molar refractivity (Wildman–Crippen MR) is 98.6 cm³/mol. The molecule has 0 saturated carbocycles. The summed E-state index contributed by atoms with van der Waals surface area (Å²) in [6.07, 6.45) is 0. The molecule has 0 aromatic heterocycles. The van der Waals surface area contributed by atoms with E-state index in [0.717, 1.165) is 5.56 Å². The second-order valence-corrected chi connectivity index (χ2v) is 5.74. The van der Waals surface area contributed by atoms with E-state index in [-0.39, 0.29) is 18.2 Å². The van der Waals surface area contributed by atoms with Crippen LogP contribution in [0, 0.1) is 11.3 Å². The Morgan fingerprint density at radius 1 is 0.846 bits per heavy atom. The lowest BCUT2D eigenvalue weighted by Gasteiger charge is -2.10. The number of nitrogens with one attached hydrogen (secondary N) is 1. The van der Waals surface area contributed by atoms with Gasteiger partial charge in [0.15, 0.2) is 5.78 Å². The topological polar surface area (TPSA) is 70.0 Å². The average molecular weight is 340 g/mol. The van der Waals surface area contributed by atoms with Crippen molar-refractivity contribution < 1.29 is 9.59 Å². The number of hydrogen-bond donors (Lipinski definition) is 1. The number of hydrogen-bond acceptors (Lipinski definition) is 3. The normalized spacial score (nSPS) is 9.96. The molecule has 0 heterocycles. The van der Waals surface area contributed by atoms with Gasteiger partial charge in [-0.2, -0.15) is 5.26 Å².